The summed E-state index contributed by atoms with van der Waals surface area (Å²) in [5, 5.41) is 12.2. The van der Waals surface area contributed by atoms with Crippen LogP contribution in [-0.4, -0.2) is 11.1 Å². The van der Waals surface area contributed by atoms with Crippen LogP contribution in [0.1, 0.15) is 46.2 Å². The maximum absolute atomic E-state index is 11.1. The summed E-state index contributed by atoms with van der Waals surface area (Å²) in [6, 6.07) is 0. The number of fused-ring (bicyclic) bond motifs is 1. The van der Waals surface area contributed by atoms with Crippen LogP contribution in [0.2, 0.25) is 0 Å². The second-order valence-electron chi connectivity index (χ2n) is 3.93. The van der Waals surface area contributed by atoms with Gasteiger partial charge in [-0.15, -0.1) is 0 Å². The number of hydrogen-bond acceptors (Lipinski definition) is 3. The van der Waals surface area contributed by atoms with Gasteiger partial charge in [0.25, 0.3) is 0 Å². The number of rotatable bonds is 2. The Morgan fingerprint density at radius 1 is 1.43 bits per heavy atom. The van der Waals surface area contributed by atoms with Crippen LogP contribution in [-0.2, 0) is 13.1 Å². The molecule has 0 atom stereocenters. The number of hydrogen-bond donors (Lipinski definition) is 2. The molecule has 2 N–H and O–H groups in total. The van der Waals surface area contributed by atoms with Gasteiger partial charge in [-0.25, -0.2) is 4.79 Å². The lowest BCUT2D eigenvalue weighted by molar-refractivity contribution is 0.0693. The molecule has 2 aliphatic rings. The fraction of sp³-hybridized carbons (Fsp3) is 0.500. The number of carbonyl (C=O) groups is 1. The minimum atomic E-state index is -0.847. The van der Waals surface area contributed by atoms with Gasteiger partial charge in [-0.3, -0.25) is 0 Å². The van der Waals surface area contributed by atoms with Crippen molar-refractivity contribution in [1.29, 1.82) is 0 Å². The van der Waals surface area contributed by atoms with Crippen molar-refractivity contribution in [3.63, 3.8) is 0 Å². The van der Waals surface area contributed by atoms with E-state index in [1.807, 2.05) is 0 Å². The molecule has 0 aromatic carbocycles. The first-order valence-electron chi connectivity index (χ1n) is 4.86. The summed E-state index contributed by atoms with van der Waals surface area (Å²) in [5.74, 6) is 1.06. The molecule has 14 heavy (non-hydrogen) atoms. The summed E-state index contributed by atoms with van der Waals surface area (Å²) < 4.78 is 5.60. The van der Waals surface area contributed by atoms with Gasteiger partial charge < -0.3 is 14.8 Å². The zero-order valence-corrected chi connectivity index (χ0v) is 7.67. The van der Waals surface area contributed by atoms with Gasteiger partial charge in [-0.2, -0.15) is 0 Å². The highest BCUT2D eigenvalue weighted by Gasteiger charge is 2.36. The average Bonchev–Trinajstić information content (AvgIpc) is 2.75. The Morgan fingerprint density at radius 2 is 2.21 bits per heavy atom. The van der Waals surface area contributed by atoms with Gasteiger partial charge in [0.15, 0.2) is 0 Å². The van der Waals surface area contributed by atoms with E-state index >= 15 is 0 Å². The topological polar surface area (TPSA) is 62.5 Å². The van der Waals surface area contributed by atoms with Crippen molar-refractivity contribution in [1.82, 2.24) is 5.32 Å². The highest BCUT2D eigenvalue weighted by Crippen LogP contribution is 2.44. The quantitative estimate of drug-likeness (QED) is 0.746. The third-order valence-electron chi connectivity index (χ3n) is 2.87. The number of nitrogens with one attached hydrogen (secondary N) is 1. The zero-order valence-electron chi connectivity index (χ0n) is 7.67. The molecule has 0 saturated heterocycles. The first kappa shape index (κ1) is 8.05. The van der Waals surface area contributed by atoms with E-state index in [9.17, 15) is 4.79 Å². The molecule has 0 spiro atoms. The predicted octanol–water partition coefficient (Wildman–Crippen LogP) is 1.46. The Balaban J connectivity index is 2.15. The lowest BCUT2D eigenvalue weighted by Gasteiger charge is -1.98. The molecule has 0 radical (unpaired) electrons. The maximum Gasteiger partial charge on any atom is 0.339 e. The van der Waals surface area contributed by atoms with Crippen LogP contribution < -0.4 is 5.32 Å². The molecule has 0 amide bonds. The Kier molecular flexibility index (Phi) is 1.50. The third-order valence-corrected chi connectivity index (χ3v) is 2.87. The number of carboxylic acids is 1. The first-order chi connectivity index (χ1) is 6.77. The lowest BCUT2D eigenvalue weighted by Crippen LogP contribution is -2.06. The van der Waals surface area contributed by atoms with Crippen LogP contribution in [0.4, 0.5) is 0 Å². The molecule has 1 aliphatic carbocycles. The number of furan rings is 1. The second kappa shape index (κ2) is 2.60. The van der Waals surface area contributed by atoms with Gasteiger partial charge in [0.1, 0.15) is 17.1 Å². The molecule has 2 heterocycles. The first-order valence-corrected chi connectivity index (χ1v) is 4.86. The van der Waals surface area contributed by atoms with Crippen molar-refractivity contribution in [3.05, 3.63) is 22.6 Å². The van der Waals surface area contributed by atoms with Crippen molar-refractivity contribution in [3.8, 4) is 0 Å². The third kappa shape index (κ3) is 1.00. The Labute approximate surface area is 80.9 Å². The summed E-state index contributed by atoms with van der Waals surface area (Å²) >= 11 is 0. The van der Waals surface area contributed by atoms with Crippen molar-refractivity contribution in [2.24, 2.45) is 0 Å². The van der Waals surface area contributed by atoms with Crippen molar-refractivity contribution in [2.45, 2.75) is 31.8 Å². The van der Waals surface area contributed by atoms with Crippen molar-refractivity contribution < 1.29 is 14.3 Å². The molecule has 1 aliphatic heterocycles. The summed E-state index contributed by atoms with van der Waals surface area (Å²) in [6.45, 7) is 1.30. The van der Waals surface area contributed by atoms with Gasteiger partial charge in [-0.05, 0) is 12.8 Å². The number of aromatic carboxylic acids is 1. The van der Waals surface area contributed by atoms with E-state index in [4.69, 9.17) is 9.52 Å². The van der Waals surface area contributed by atoms with Gasteiger partial charge >= 0.3 is 5.97 Å². The molecular formula is C10H11NO3. The highest BCUT2D eigenvalue weighted by molar-refractivity contribution is 5.91. The van der Waals surface area contributed by atoms with Crippen molar-refractivity contribution >= 4 is 5.97 Å². The van der Waals surface area contributed by atoms with Crippen LogP contribution in [0.3, 0.4) is 0 Å². The minimum absolute atomic E-state index is 0.367. The molecule has 1 aromatic heterocycles. The smallest absolute Gasteiger partial charge is 0.339 e. The molecule has 1 saturated carbocycles. The largest absolute Gasteiger partial charge is 0.478 e. The van der Waals surface area contributed by atoms with E-state index in [0.717, 1.165) is 24.2 Å². The Bertz CT molecular complexity index is 404. The SMILES string of the molecule is O=C(O)c1c(C2CC2)oc2c1CNC2. The molecule has 1 fully saturated rings. The van der Waals surface area contributed by atoms with Gasteiger partial charge in [0, 0.05) is 18.0 Å². The summed E-state index contributed by atoms with van der Waals surface area (Å²) in [7, 11) is 0. The summed E-state index contributed by atoms with van der Waals surface area (Å²) in [5.41, 5.74) is 1.28. The maximum atomic E-state index is 11.1. The van der Waals surface area contributed by atoms with E-state index in [2.05, 4.69) is 5.32 Å². The van der Waals surface area contributed by atoms with Crippen molar-refractivity contribution in [2.75, 3.05) is 0 Å². The second-order valence-corrected chi connectivity index (χ2v) is 3.93. The molecule has 74 valence electrons. The summed E-state index contributed by atoms with van der Waals surface area (Å²) in [6.07, 6.45) is 2.14. The van der Waals surface area contributed by atoms with Gasteiger partial charge in [0.05, 0.1) is 6.54 Å². The molecule has 1 aromatic rings. The molecule has 0 unspecified atom stereocenters. The summed E-state index contributed by atoms with van der Waals surface area (Å²) in [4.78, 5) is 11.1. The molecule has 3 rings (SSSR count). The fourth-order valence-corrected chi connectivity index (χ4v) is 2.03. The van der Waals surface area contributed by atoms with E-state index < -0.39 is 5.97 Å². The normalized spacial score (nSPS) is 19.7. The lowest BCUT2D eigenvalue weighted by atomic mass is 10.1. The van der Waals surface area contributed by atoms with Crippen LogP contribution in [0.5, 0.6) is 0 Å². The van der Waals surface area contributed by atoms with Crippen LogP contribution in [0.25, 0.3) is 0 Å². The Morgan fingerprint density at radius 3 is 2.86 bits per heavy atom. The molecule has 4 heteroatoms. The van der Waals surface area contributed by atoms with Crippen LogP contribution in [0, 0.1) is 0 Å². The fourth-order valence-electron chi connectivity index (χ4n) is 2.03. The van der Waals surface area contributed by atoms with Crippen LogP contribution in [0.15, 0.2) is 4.42 Å². The monoisotopic (exact) mass is 193 g/mol. The Hall–Kier alpha value is -1.29. The van der Waals surface area contributed by atoms with Gasteiger partial charge in [0.2, 0.25) is 0 Å². The van der Waals surface area contributed by atoms with E-state index in [1.54, 1.807) is 0 Å². The number of carboxylic acid groups (broad SMARTS) is 1. The van der Waals surface area contributed by atoms with E-state index in [1.165, 1.54) is 0 Å². The molecular weight excluding hydrogens is 182 g/mol. The standard InChI is InChI=1S/C10H11NO3/c12-10(13)8-6-3-11-4-7(6)14-9(8)5-1-2-5/h5,11H,1-4H2,(H,12,13). The average molecular weight is 193 g/mol. The minimum Gasteiger partial charge on any atom is -0.478 e. The highest BCUT2D eigenvalue weighted by atomic mass is 16.4. The van der Waals surface area contributed by atoms with Gasteiger partial charge in [-0.1, -0.05) is 0 Å². The molecule has 4 nitrogen and oxygen atoms in total. The molecule has 0 bridgehead atoms. The van der Waals surface area contributed by atoms with E-state index in [0.29, 0.717) is 30.3 Å². The zero-order chi connectivity index (χ0) is 9.71. The predicted molar refractivity (Wildman–Crippen MR) is 48.2 cm³/mol. The van der Waals surface area contributed by atoms with Crippen LogP contribution >= 0.6 is 0 Å². The van der Waals surface area contributed by atoms with E-state index in [-0.39, 0.29) is 0 Å².